The van der Waals surface area contributed by atoms with Gasteiger partial charge in [-0.25, -0.2) is 0 Å². The lowest BCUT2D eigenvalue weighted by molar-refractivity contribution is 0.0846. The zero-order valence-electron chi connectivity index (χ0n) is 16.4. The van der Waals surface area contributed by atoms with E-state index in [2.05, 4.69) is 10.6 Å². The Hall–Kier alpha value is -2.32. The average molecular weight is 392 g/mol. The van der Waals surface area contributed by atoms with E-state index in [-0.39, 0.29) is 24.0 Å². The van der Waals surface area contributed by atoms with Gasteiger partial charge in [0.2, 0.25) is 0 Å². The molecule has 0 aliphatic carbocycles. The van der Waals surface area contributed by atoms with Gasteiger partial charge in [-0.15, -0.1) is 0 Å². The number of hydrogen-bond acceptors (Lipinski definition) is 6. The van der Waals surface area contributed by atoms with Gasteiger partial charge in [0.15, 0.2) is 0 Å². The molecule has 0 saturated carbocycles. The molecule has 2 heterocycles. The first-order chi connectivity index (χ1) is 13.6. The quantitative estimate of drug-likeness (QED) is 0.697. The predicted molar refractivity (Wildman–Crippen MR) is 102 cm³/mol. The van der Waals surface area contributed by atoms with E-state index >= 15 is 0 Å². The topological polar surface area (TPSA) is 95.1 Å². The summed E-state index contributed by atoms with van der Waals surface area (Å²) in [4.78, 5) is 25.2. The van der Waals surface area contributed by atoms with Crippen molar-refractivity contribution in [3.63, 3.8) is 0 Å². The summed E-state index contributed by atoms with van der Waals surface area (Å²) in [6.45, 7) is 2.34. The van der Waals surface area contributed by atoms with Gasteiger partial charge in [-0.05, 0) is 37.8 Å². The van der Waals surface area contributed by atoms with Crippen molar-refractivity contribution in [3.8, 4) is 11.5 Å². The highest BCUT2D eigenvalue weighted by Crippen LogP contribution is 2.29. The van der Waals surface area contributed by atoms with Gasteiger partial charge in [0.05, 0.1) is 37.6 Å². The summed E-state index contributed by atoms with van der Waals surface area (Å²) in [6.07, 6.45) is 3.97. The number of carbonyl (C=O) groups excluding carboxylic acids is 2. The van der Waals surface area contributed by atoms with E-state index < -0.39 is 0 Å². The van der Waals surface area contributed by atoms with Crippen LogP contribution in [0.2, 0.25) is 0 Å². The third-order valence-electron chi connectivity index (χ3n) is 5.04. The highest BCUT2D eigenvalue weighted by Gasteiger charge is 2.23. The Morgan fingerprint density at radius 2 is 1.32 bits per heavy atom. The monoisotopic (exact) mass is 392 g/mol. The van der Waals surface area contributed by atoms with Crippen LogP contribution in [0.3, 0.4) is 0 Å². The number of benzene rings is 1. The fourth-order valence-corrected chi connectivity index (χ4v) is 3.47. The first kappa shape index (κ1) is 20.4. The molecule has 2 saturated heterocycles. The Bertz CT molecular complexity index is 636. The number of nitrogens with one attached hydrogen (secondary N) is 2. The second-order valence-electron chi connectivity index (χ2n) is 6.94. The Balaban J connectivity index is 1.70. The van der Waals surface area contributed by atoms with Crippen LogP contribution >= 0.6 is 0 Å². The molecule has 2 fully saturated rings. The van der Waals surface area contributed by atoms with Crippen molar-refractivity contribution in [2.75, 3.05) is 40.5 Å². The van der Waals surface area contributed by atoms with Gasteiger partial charge < -0.3 is 29.6 Å². The number of amides is 2. The molecule has 8 nitrogen and oxygen atoms in total. The Morgan fingerprint density at radius 3 is 1.64 bits per heavy atom. The smallest absolute Gasteiger partial charge is 0.255 e. The summed E-state index contributed by atoms with van der Waals surface area (Å²) in [5.74, 6) is 0.0368. The maximum Gasteiger partial charge on any atom is 0.255 e. The summed E-state index contributed by atoms with van der Waals surface area (Å²) in [5, 5.41) is 5.72. The minimum atomic E-state index is -0.294. The van der Waals surface area contributed by atoms with Crippen LogP contribution in [-0.4, -0.2) is 64.5 Å². The number of rotatable bonds is 8. The summed E-state index contributed by atoms with van der Waals surface area (Å²) >= 11 is 0. The van der Waals surface area contributed by atoms with Crippen LogP contribution in [0.1, 0.15) is 46.4 Å². The maximum atomic E-state index is 12.6. The zero-order valence-corrected chi connectivity index (χ0v) is 16.4. The van der Waals surface area contributed by atoms with E-state index in [1.807, 2.05) is 0 Å². The molecule has 0 aromatic heterocycles. The minimum Gasteiger partial charge on any atom is -0.496 e. The molecule has 2 aliphatic rings. The van der Waals surface area contributed by atoms with Crippen molar-refractivity contribution in [2.24, 2.45) is 0 Å². The van der Waals surface area contributed by atoms with Gasteiger partial charge in [-0.3, -0.25) is 9.59 Å². The predicted octanol–water partition coefficient (Wildman–Crippen LogP) is 1.52. The molecule has 2 N–H and O–H groups in total. The zero-order chi connectivity index (χ0) is 19.9. The number of carbonyl (C=O) groups is 2. The lowest BCUT2D eigenvalue weighted by atomic mass is 10.1. The van der Waals surface area contributed by atoms with Crippen LogP contribution in [0.25, 0.3) is 0 Å². The van der Waals surface area contributed by atoms with Gasteiger partial charge in [-0.1, -0.05) is 0 Å². The molecule has 154 valence electrons. The molecule has 2 atom stereocenters. The van der Waals surface area contributed by atoms with E-state index in [9.17, 15) is 9.59 Å². The van der Waals surface area contributed by atoms with Gasteiger partial charge in [0.1, 0.15) is 11.5 Å². The number of hydrogen-bond donors (Lipinski definition) is 2. The van der Waals surface area contributed by atoms with Crippen LogP contribution in [0, 0.1) is 0 Å². The second-order valence-corrected chi connectivity index (χ2v) is 6.94. The highest BCUT2D eigenvalue weighted by atomic mass is 16.5. The van der Waals surface area contributed by atoms with Gasteiger partial charge >= 0.3 is 0 Å². The van der Waals surface area contributed by atoms with Crippen molar-refractivity contribution in [2.45, 2.75) is 37.9 Å². The summed E-state index contributed by atoms with van der Waals surface area (Å²) < 4.78 is 21.8. The molecule has 3 rings (SSSR count). The molecular formula is C20H28N2O6. The molecule has 0 radical (unpaired) electrons. The molecule has 1 aromatic rings. The van der Waals surface area contributed by atoms with E-state index in [0.717, 1.165) is 38.9 Å². The average Bonchev–Trinajstić information content (AvgIpc) is 3.43. The third kappa shape index (κ3) is 4.94. The standard InChI is InChI=1S/C20H28N2O6/c1-25-17-9-16(20(24)22-12-14-6-4-8-28-14)18(26-2)10-15(17)19(23)21-11-13-5-3-7-27-13/h9-10,13-14H,3-8,11-12H2,1-2H3,(H,21,23)(H,22,24)/t13-,14-/m0/s1. The first-order valence-corrected chi connectivity index (χ1v) is 9.68. The van der Waals surface area contributed by atoms with E-state index in [0.29, 0.717) is 35.7 Å². The van der Waals surface area contributed by atoms with Crippen molar-refractivity contribution < 1.29 is 28.5 Å². The fraction of sp³-hybridized carbons (Fsp3) is 0.600. The molecule has 1 aromatic carbocycles. The molecule has 2 aliphatic heterocycles. The Morgan fingerprint density at radius 1 is 0.893 bits per heavy atom. The number of ether oxygens (including phenoxy) is 4. The van der Waals surface area contributed by atoms with Crippen LogP contribution in [0.5, 0.6) is 11.5 Å². The van der Waals surface area contributed by atoms with Crippen LogP contribution in [0.15, 0.2) is 12.1 Å². The van der Waals surface area contributed by atoms with Crippen molar-refractivity contribution >= 4 is 11.8 Å². The van der Waals surface area contributed by atoms with E-state index in [1.165, 1.54) is 26.4 Å². The van der Waals surface area contributed by atoms with Gasteiger partial charge in [0, 0.05) is 26.3 Å². The number of methoxy groups -OCH3 is 2. The first-order valence-electron chi connectivity index (χ1n) is 9.68. The van der Waals surface area contributed by atoms with Gasteiger partial charge in [0.25, 0.3) is 11.8 Å². The molecule has 2 amide bonds. The van der Waals surface area contributed by atoms with Crippen molar-refractivity contribution in [1.82, 2.24) is 10.6 Å². The summed E-state index contributed by atoms with van der Waals surface area (Å²) in [6, 6.07) is 3.06. The van der Waals surface area contributed by atoms with E-state index in [1.54, 1.807) is 0 Å². The SMILES string of the molecule is COc1cc(C(=O)NC[C@@H]2CCCO2)c(OC)cc1C(=O)NC[C@@H]1CCCO1. The van der Waals surface area contributed by atoms with Crippen LogP contribution in [0.4, 0.5) is 0 Å². The molecule has 8 heteroatoms. The lowest BCUT2D eigenvalue weighted by Gasteiger charge is -2.16. The van der Waals surface area contributed by atoms with E-state index in [4.69, 9.17) is 18.9 Å². The molecule has 28 heavy (non-hydrogen) atoms. The lowest BCUT2D eigenvalue weighted by Crippen LogP contribution is -2.33. The molecule has 0 unspecified atom stereocenters. The molecular weight excluding hydrogens is 364 g/mol. The maximum absolute atomic E-state index is 12.6. The summed E-state index contributed by atoms with van der Waals surface area (Å²) in [7, 11) is 2.93. The van der Waals surface area contributed by atoms with Crippen molar-refractivity contribution in [3.05, 3.63) is 23.3 Å². The normalized spacial score (nSPS) is 21.4. The Labute approximate surface area is 164 Å². The fourth-order valence-electron chi connectivity index (χ4n) is 3.47. The molecule has 0 spiro atoms. The van der Waals surface area contributed by atoms with Crippen LogP contribution < -0.4 is 20.1 Å². The minimum absolute atomic E-state index is 0.0414. The Kier molecular flexibility index (Phi) is 7.11. The van der Waals surface area contributed by atoms with Crippen molar-refractivity contribution in [1.29, 1.82) is 0 Å². The van der Waals surface area contributed by atoms with Crippen LogP contribution in [-0.2, 0) is 9.47 Å². The largest absolute Gasteiger partial charge is 0.496 e. The summed E-state index contributed by atoms with van der Waals surface area (Å²) in [5.41, 5.74) is 0.626. The molecule has 0 bridgehead atoms. The third-order valence-corrected chi connectivity index (χ3v) is 5.04. The highest BCUT2D eigenvalue weighted by molar-refractivity contribution is 6.02. The second kappa shape index (κ2) is 9.75. The van der Waals surface area contributed by atoms with Gasteiger partial charge in [-0.2, -0.15) is 0 Å².